The Hall–Kier alpha value is -4.02. The fourth-order valence-corrected chi connectivity index (χ4v) is 5.43. The van der Waals surface area contributed by atoms with Gasteiger partial charge in [0.1, 0.15) is 0 Å². The van der Waals surface area contributed by atoms with E-state index in [0.29, 0.717) is 23.4 Å². The molecule has 2 heterocycles. The molecule has 9 heteroatoms. The summed E-state index contributed by atoms with van der Waals surface area (Å²) in [6.45, 7) is 1.47. The zero-order valence-corrected chi connectivity index (χ0v) is 23.3. The van der Waals surface area contributed by atoms with Gasteiger partial charge in [-0.3, -0.25) is 14.6 Å². The van der Waals surface area contributed by atoms with E-state index in [-0.39, 0.29) is 30.6 Å². The Bertz CT molecular complexity index is 1470. The molecule has 1 fully saturated rings. The molecule has 2 amide bonds. The Balaban J connectivity index is 1.32. The standard InChI is InChI=1S/C32H31N3O5S/c1-21(37)34-26-11-13-29(14-12-26)41-20-28-17-30(23-9-7-22(19-36)8-10-23)40-32(39-28)24-4-2-6-27(16-24)35-31(38)25-5-3-15-33-18-25/h2-16,18,28,30,32,36H,17,19-20H2,1H3,(H,34,37)(H,35,38)/t28-,30+,32+/m1/s1. The van der Waals surface area contributed by atoms with Crippen LogP contribution in [0.2, 0.25) is 0 Å². The Morgan fingerprint density at radius 1 is 0.927 bits per heavy atom. The monoisotopic (exact) mass is 569 g/mol. The van der Waals surface area contributed by atoms with E-state index >= 15 is 0 Å². The molecular weight excluding hydrogens is 538 g/mol. The van der Waals surface area contributed by atoms with Crippen LogP contribution < -0.4 is 10.6 Å². The molecule has 0 aliphatic carbocycles. The van der Waals surface area contributed by atoms with Crippen molar-refractivity contribution in [2.45, 2.75) is 43.3 Å². The maximum absolute atomic E-state index is 12.7. The van der Waals surface area contributed by atoms with Crippen LogP contribution in [0.25, 0.3) is 0 Å². The number of hydrogen-bond donors (Lipinski definition) is 3. The quantitative estimate of drug-likeness (QED) is 0.208. The number of benzene rings is 3. The smallest absolute Gasteiger partial charge is 0.257 e. The lowest BCUT2D eigenvalue weighted by Gasteiger charge is -2.36. The highest BCUT2D eigenvalue weighted by atomic mass is 32.2. The van der Waals surface area contributed by atoms with Gasteiger partial charge >= 0.3 is 0 Å². The van der Waals surface area contributed by atoms with E-state index in [2.05, 4.69) is 15.6 Å². The van der Waals surface area contributed by atoms with Gasteiger partial charge in [0.15, 0.2) is 6.29 Å². The Morgan fingerprint density at radius 2 is 1.73 bits per heavy atom. The first kappa shape index (κ1) is 28.5. The number of amides is 2. The van der Waals surface area contributed by atoms with Crippen LogP contribution in [0, 0.1) is 0 Å². The molecule has 1 aromatic heterocycles. The van der Waals surface area contributed by atoms with Gasteiger partial charge < -0.3 is 25.2 Å². The van der Waals surface area contributed by atoms with Gasteiger partial charge in [-0.15, -0.1) is 11.8 Å². The fraction of sp³-hybridized carbons (Fsp3) is 0.219. The predicted molar refractivity (Wildman–Crippen MR) is 159 cm³/mol. The third-order valence-electron chi connectivity index (χ3n) is 6.57. The first-order chi connectivity index (χ1) is 20.0. The molecular formula is C32H31N3O5S. The molecule has 3 aromatic carbocycles. The number of carbonyl (C=O) groups excluding carboxylic acids is 2. The van der Waals surface area contributed by atoms with Gasteiger partial charge in [0.05, 0.1) is 24.4 Å². The number of nitrogens with one attached hydrogen (secondary N) is 2. The summed E-state index contributed by atoms with van der Waals surface area (Å²) in [5.74, 6) is 0.342. The number of aliphatic hydroxyl groups is 1. The van der Waals surface area contributed by atoms with Gasteiger partial charge in [-0.1, -0.05) is 36.4 Å². The van der Waals surface area contributed by atoms with Crippen molar-refractivity contribution in [1.82, 2.24) is 4.98 Å². The van der Waals surface area contributed by atoms with Crippen molar-refractivity contribution in [3.05, 3.63) is 120 Å². The number of rotatable bonds is 9. The average Bonchev–Trinajstić information content (AvgIpc) is 3.01. The number of thioether (sulfide) groups is 1. The van der Waals surface area contributed by atoms with E-state index in [0.717, 1.165) is 27.3 Å². The van der Waals surface area contributed by atoms with Gasteiger partial charge in [-0.2, -0.15) is 0 Å². The molecule has 3 atom stereocenters. The molecule has 3 N–H and O–H groups in total. The van der Waals surface area contributed by atoms with Crippen molar-refractivity contribution in [2.75, 3.05) is 16.4 Å². The van der Waals surface area contributed by atoms with E-state index in [1.807, 2.05) is 72.8 Å². The van der Waals surface area contributed by atoms with Crippen LogP contribution in [-0.2, 0) is 20.9 Å². The molecule has 210 valence electrons. The van der Waals surface area contributed by atoms with Crippen LogP contribution >= 0.6 is 11.8 Å². The molecule has 0 spiro atoms. The molecule has 0 saturated carbocycles. The van der Waals surface area contributed by atoms with E-state index in [1.165, 1.54) is 13.1 Å². The maximum atomic E-state index is 12.7. The summed E-state index contributed by atoms with van der Waals surface area (Å²) in [6.07, 6.45) is 2.82. The van der Waals surface area contributed by atoms with Gasteiger partial charge in [-0.05, 0) is 59.7 Å². The zero-order valence-electron chi connectivity index (χ0n) is 22.5. The lowest BCUT2D eigenvalue weighted by molar-refractivity contribution is -0.245. The molecule has 0 radical (unpaired) electrons. The molecule has 1 saturated heterocycles. The predicted octanol–water partition coefficient (Wildman–Crippen LogP) is 6.12. The van der Waals surface area contributed by atoms with Crippen LogP contribution in [0.4, 0.5) is 11.4 Å². The molecule has 0 bridgehead atoms. The number of aromatic nitrogens is 1. The largest absolute Gasteiger partial charge is 0.392 e. The number of carbonyl (C=O) groups is 2. The van der Waals surface area contributed by atoms with E-state index in [1.54, 1.807) is 30.1 Å². The Labute approximate surface area is 243 Å². The lowest BCUT2D eigenvalue weighted by atomic mass is 10.0. The summed E-state index contributed by atoms with van der Waals surface area (Å²) in [5, 5.41) is 15.2. The number of hydrogen-bond acceptors (Lipinski definition) is 7. The normalized spacial score (nSPS) is 18.4. The van der Waals surface area contributed by atoms with Gasteiger partial charge in [0.2, 0.25) is 5.91 Å². The fourth-order valence-electron chi connectivity index (χ4n) is 4.51. The minimum Gasteiger partial charge on any atom is -0.392 e. The molecule has 0 unspecified atom stereocenters. The van der Waals surface area contributed by atoms with Crippen LogP contribution in [0.15, 0.2) is 102 Å². The van der Waals surface area contributed by atoms with Crippen LogP contribution in [0.1, 0.15) is 52.8 Å². The van der Waals surface area contributed by atoms with Gasteiger partial charge in [0, 0.05) is 53.3 Å². The summed E-state index contributed by atoms with van der Waals surface area (Å²) >= 11 is 1.68. The zero-order chi connectivity index (χ0) is 28.6. The number of ether oxygens (including phenoxy) is 2. The summed E-state index contributed by atoms with van der Waals surface area (Å²) in [5.41, 5.74) is 4.49. The summed E-state index contributed by atoms with van der Waals surface area (Å²) < 4.78 is 12.9. The summed E-state index contributed by atoms with van der Waals surface area (Å²) in [6, 6.07) is 26.4. The highest BCUT2D eigenvalue weighted by Gasteiger charge is 2.32. The van der Waals surface area contributed by atoms with Crippen molar-refractivity contribution >= 4 is 35.0 Å². The van der Waals surface area contributed by atoms with Crippen molar-refractivity contribution < 1.29 is 24.2 Å². The number of anilines is 2. The minimum atomic E-state index is -0.644. The van der Waals surface area contributed by atoms with Crippen molar-refractivity contribution in [3.63, 3.8) is 0 Å². The number of aliphatic hydroxyl groups excluding tert-OH is 1. The van der Waals surface area contributed by atoms with Crippen LogP contribution in [-0.4, -0.2) is 33.8 Å². The molecule has 4 aromatic rings. The third kappa shape index (κ3) is 7.80. The number of nitrogens with zero attached hydrogens (tertiary/aromatic N) is 1. The first-order valence-corrected chi connectivity index (χ1v) is 14.3. The molecule has 1 aliphatic heterocycles. The van der Waals surface area contributed by atoms with Crippen LogP contribution in [0.3, 0.4) is 0 Å². The molecule has 1 aliphatic rings. The average molecular weight is 570 g/mol. The molecule has 8 nitrogen and oxygen atoms in total. The maximum Gasteiger partial charge on any atom is 0.257 e. The summed E-state index contributed by atoms with van der Waals surface area (Å²) in [4.78, 5) is 29.1. The van der Waals surface area contributed by atoms with E-state index in [4.69, 9.17) is 9.47 Å². The Morgan fingerprint density at radius 3 is 2.44 bits per heavy atom. The SMILES string of the molecule is CC(=O)Nc1ccc(SC[C@H]2C[C@@H](c3ccc(CO)cc3)O[C@@H](c3cccc(NC(=O)c4cccnc4)c3)O2)cc1. The molecule has 5 rings (SSSR count). The van der Waals surface area contributed by atoms with Gasteiger partial charge in [0.25, 0.3) is 5.91 Å². The first-order valence-electron chi connectivity index (χ1n) is 13.3. The highest BCUT2D eigenvalue weighted by molar-refractivity contribution is 7.99. The van der Waals surface area contributed by atoms with E-state index in [9.17, 15) is 14.7 Å². The van der Waals surface area contributed by atoms with E-state index < -0.39 is 6.29 Å². The Kier molecular flexibility index (Phi) is 9.43. The second-order valence-electron chi connectivity index (χ2n) is 9.69. The van der Waals surface area contributed by atoms with Gasteiger partial charge in [-0.25, -0.2) is 0 Å². The lowest BCUT2D eigenvalue weighted by Crippen LogP contribution is -2.31. The second kappa shape index (κ2) is 13.6. The number of pyridine rings is 1. The third-order valence-corrected chi connectivity index (χ3v) is 7.71. The van der Waals surface area contributed by atoms with Crippen molar-refractivity contribution in [2.24, 2.45) is 0 Å². The topological polar surface area (TPSA) is 110 Å². The molecule has 41 heavy (non-hydrogen) atoms. The van der Waals surface area contributed by atoms with Crippen molar-refractivity contribution in [3.8, 4) is 0 Å². The van der Waals surface area contributed by atoms with Crippen LogP contribution in [0.5, 0.6) is 0 Å². The second-order valence-corrected chi connectivity index (χ2v) is 10.8. The summed E-state index contributed by atoms with van der Waals surface area (Å²) in [7, 11) is 0. The van der Waals surface area contributed by atoms with Crippen molar-refractivity contribution in [1.29, 1.82) is 0 Å². The highest BCUT2D eigenvalue weighted by Crippen LogP contribution is 2.40. The minimum absolute atomic E-state index is 0.0188.